The largest absolute Gasteiger partial charge is 0.481 e. The SMILES string of the molecule is Cc1cc(Cl)ccc1CC(=O)O. The maximum Gasteiger partial charge on any atom is 0.307 e. The number of aryl methyl sites for hydroxylation is 1. The van der Waals surface area contributed by atoms with Crippen LogP contribution in [0.3, 0.4) is 0 Å². The first kappa shape index (κ1) is 9.07. The molecule has 0 spiro atoms. The molecule has 0 aliphatic carbocycles. The summed E-state index contributed by atoms with van der Waals surface area (Å²) in [5.74, 6) is -0.819. The lowest BCUT2D eigenvalue weighted by molar-refractivity contribution is -0.136. The fourth-order valence-electron chi connectivity index (χ4n) is 1.02. The fraction of sp³-hybridized carbons (Fsp3) is 0.222. The molecule has 0 saturated carbocycles. The number of carbonyl (C=O) groups is 1. The predicted molar refractivity (Wildman–Crippen MR) is 47.5 cm³/mol. The lowest BCUT2D eigenvalue weighted by Gasteiger charge is -2.01. The van der Waals surface area contributed by atoms with Gasteiger partial charge in [-0.3, -0.25) is 4.79 Å². The summed E-state index contributed by atoms with van der Waals surface area (Å²) in [7, 11) is 0. The van der Waals surface area contributed by atoms with Crippen LogP contribution in [-0.2, 0) is 11.2 Å². The van der Waals surface area contributed by atoms with Crippen LogP contribution in [0.15, 0.2) is 18.2 Å². The molecule has 2 nitrogen and oxygen atoms in total. The smallest absolute Gasteiger partial charge is 0.307 e. The van der Waals surface area contributed by atoms with Crippen LogP contribution in [0.4, 0.5) is 0 Å². The Kier molecular flexibility index (Phi) is 2.71. The van der Waals surface area contributed by atoms with E-state index >= 15 is 0 Å². The second kappa shape index (κ2) is 3.59. The lowest BCUT2D eigenvalue weighted by atomic mass is 10.1. The highest BCUT2D eigenvalue weighted by molar-refractivity contribution is 6.30. The number of carboxylic acid groups (broad SMARTS) is 1. The lowest BCUT2D eigenvalue weighted by Crippen LogP contribution is -2.01. The molecule has 12 heavy (non-hydrogen) atoms. The van der Waals surface area contributed by atoms with Crippen molar-refractivity contribution < 1.29 is 9.90 Å². The maximum atomic E-state index is 10.4. The van der Waals surface area contributed by atoms with E-state index in [2.05, 4.69) is 0 Å². The molecule has 1 aromatic carbocycles. The summed E-state index contributed by atoms with van der Waals surface area (Å²) in [5, 5.41) is 9.17. The van der Waals surface area contributed by atoms with Gasteiger partial charge in [-0.15, -0.1) is 0 Å². The van der Waals surface area contributed by atoms with Gasteiger partial charge >= 0.3 is 5.97 Å². The van der Waals surface area contributed by atoms with Crippen LogP contribution in [0.1, 0.15) is 11.1 Å². The van der Waals surface area contributed by atoms with Crippen molar-refractivity contribution in [2.45, 2.75) is 13.3 Å². The third-order valence-corrected chi connectivity index (χ3v) is 1.88. The normalized spacial score (nSPS) is 9.83. The van der Waals surface area contributed by atoms with Gasteiger partial charge in [0.25, 0.3) is 0 Å². The van der Waals surface area contributed by atoms with Crippen LogP contribution in [0.25, 0.3) is 0 Å². The third-order valence-electron chi connectivity index (χ3n) is 1.65. The summed E-state index contributed by atoms with van der Waals surface area (Å²) < 4.78 is 0. The number of aliphatic carboxylic acids is 1. The van der Waals surface area contributed by atoms with E-state index in [0.717, 1.165) is 11.1 Å². The molecule has 0 unspecified atom stereocenters. The number of benzene rings is 1. The zero-order chi connectivity index (χ0) is 9.14. The van der Waals surface area contributed by atoms with E-state index in [0.29, 0.717) is 5.02 Å². The van der Waals surface area contributed by atoms with Gasteiger partial charge in [0.1, 0.15) is 0 Å². The maximum absolute atomic E-state index is 10.4. The molecule has 0 atom stereocenters. The van der Waals surface area contributed by atoms with Crippen LogP contribution < -0.4 is 0 Å². The van der Waals surface area contributed by atoms with Crippen molar-refractivity contribution in [2.75, 3.05) is 0 Å². The van der Waals surface area contributed by atoms with Gasteiger partial charge in [-0.25, -0.2) is 0 Å². The van der Waals surface area contributed by atoms with E-state index in [1.54, 1.807) is 18.2 Å². The molecule has 0 heterocycles. The van der Waals surface area contributed by atoms with E-state index in [-0.39, 0.29) is 6.42 Å². The first-order valence-corrected chi connectivity index (χ1v) is 3.94. The molecule has 64 valence electrons. The Bertz CT molecular complexity index is 307. The Morgan fingerprint density at radius 1 is 1.58 bits per heavy atom. The van der Waals surface area contributed by atoms with Crippen molar-refractivity contribution >= 4 is 17.6 Å². The summed E-state index contributed by atoms with van der Waals surface area (Å²) in [4.78, 5) is 10.4. The Morgan fingerprint density at radius 2 is 2.25 bits per heavy atom. The average Bonchev–Trinajstić information content (AvgIpc) is 1.94. The summed E-state index contributed by atoms with van der Waals surface area (Å²) in [6.45, 7) is 1.85. The van der Waals surface area contributed by atoms with E-state index in [4.69, 9.17) is 16.7 Å². The molecule has 0 aromatic heterocycles. The topological polar surface area (TPSA) is 37.3 Å². The fourth-order valence-corrected chi connectivity index (χ4v) is 1.25. The van der Waals surface area contributed by atoms with Gasteiger partial charge in [0.15, 0.2) is 0 Å². The van der Waals surface area contributed by atoms with Crippen LogP contribution in [0.2, 0.25) is 5.02 Å². The van der Waals surface area contributed by atoms with Crippen LogP contribution >= 0.6 is 11.6 Å². The number of halogens is 1. The molecule has 0 fully saturated rings. The summed E-state index contributed by atoms with van der Waals surface area (Å²) >= 11 is 5.71. The monoisotopic (exact) mass is 184 g/mol. The van der Waals surface area contributed by atoms with Gasteiger partial charge < -0.3 is 5.11 Å². The molecule has 0 saturated heterocycles. The molecule has 1 aromatic rings. The Hall–Kier alpha value is -1.02. The quantitative estimate of drug-likeness (QED) is 0.766. The molecular weight excluding hydrogens is 176 g/mol. The number of hydrogen-bond donors (Lipinski definition) is 1. The molecule has 0 bridgehead atoms. The van der Waals surface area contributed by atoms with Crippen molar-refractivity contribution in [1.29, 1.82) is 0 Å². The zero-order valence-corrected chi connectivity index (χ0v) is 7.43. The van der Waals surface area contributed by atoms with Gasteiger partial charge in [0.05, 0.1) is 6.42 Å². The Morgan fingerprint density at radius 3 is 2.75 bits per heavy atom. The molecule has 1 N–H and O–H groups in total. The molecule has 0 amide bonds. The average molecular weight is 185 g/mol. The first-order valence-electron chi connectivity index (χ1n) is 3.56. The number of carboxylic acids is 1. The highest BCUT2D eigenvalue weighted by Crippen LogP contribution is 2.15. The highest BCUT2D eigenvalue weighted by Gasteiger charge is 2.03. The zero-order valence-electron chi connectivity index (χ0n) is 6.67. The van der Waals surface area contributed by atoms with Crippen LogP contribution in [0.5, 0.6) is 0 Å². The van der Waals surface area contributed by atoms with E-state index in [9.17, 15) is 4.79 Å². The van der Waals surface area contributed by atoms with Crippen LogP contribution in [0, 0.1) is 6.92 Å². The summed E-state index contributed by atoms with van der Waals surface area (Å²) in [6.07, 6.45) is 0.0585. The van der Waals surface area contributed by atoms with Gasteiger partial charge in [-0.1, -0.05) is 17.7 Å². The Balaban J connectivity index is 2.93. The van der Waals surface area contributed by atoms with Crippen molar-refractivity contribution in [1.82, 2.24) is 0 Å². The predicted octanol–water partition coefficient (Wildman–Crippen LogP) is 2.28. The van der Waals surface area contributed by atoms with Gasteiger partial charge in [-0.2, -0.15) is 0 Å². The van der Waals surface area contributed by atoms with E-state index in [1.165, 1.54) is 0 Å². The number of rotatable bonds is 2. The molecule has 0 aliphatic heterocycles. The minimum atomic E-state index is -0.819. The standard InChI is InChI=1S/C9H9ClO2/c1-6-4-8(10)3-2-7(6)5-9(11)12/h2-4H,5H2,1H3,(H,11,12). The molecule has 0 radical (unpaired) electrons. The van der Waals surface area contributed by atoms with Crippen LogP contribution in [-0.4, -0.2) is 11.1 Å². The molecular formula is C9H9ClO2. The van der Waals surface area contributed by atoms with Crippen molar-refractivity contribution in [3.63, 3.8) is 0 Å². The van der Waals surface area contributed by atoms with Crippen molar-refractivity contribution in [3.8, 4) is 0 Å². The van der Waals surface area contributed by atoms with Gasteiger partial charge in [0.2, 0.25) is 0 Å². The summed E-state index contributed by atoms with van der Waals surface area (Å²) in [6, 6.07) is 5.21. The minimum absolute atomic E-state index is 0.0585. The second-order valence-electron chi connectivity index (χ2n) is 2.64. The van der Waals surface area contributed by atoms with Crippen molar-refractivity contribution in [2.24, 2.45) is 0 Å². The molecule has 0 aliphatic rings. The first-order chi connectivity index (χ1) is 5.59. The third kappa shape index (κ3) is 2.24. The van der Waals surface area contributed by atoms with E-state index in [1.807, 2.05) is 6.92 Å². The molecule has 3 heteroatoms. The number of hydrogen-bond acceptors (Lipinski definition) is 1. The minimum Gasteiger partial charge on any atom is -0.481 e. The Labute approximate surface area is 75.8 Å². The van der Waals surface area contributed by atoms with Gasteiger partial charge in [0, 0.05) is 5.02 Å². The van der Waals surface area contributed by atoms with E-state index < -0.39 is 5.97 Å². The summed E-state index contributed by atoms with van der Waals surface area (Å²) in [5.41, 5.74) is 1.73. The van der Waals surface area contributed by atoms with Gasteiger partial charge in [-0.05, 0) is 30.2 Å². The molecule has 1 rings (SSSR count). The second-order valence-corrected chi connectivity index (χ2v) is 3.08. The van der Waals surface area contributed by atoms with Crippen molar-refractivity contribution in [3.05, 3.63) is 34.3 Å². The highest BCUT2D eigenvalue weighted by atomic mass is 35.5.